The summed E-state index contributed by atoms with van der Waals surface area (Å²) in [6.45, 7) is 1.99. The number of halogens is 1. The highest BCUT2D eigenvalue weighted by molar-refractivity contribution is 6.31. The molecule has 6 heteroatoms. The van der Waals surface area contributed by atoms with Gasteiger partial charge in [-0.05, 0) is 18.6 Å². The van der Waals surface area contributed by atoms with E-state index in [-0.39, 0.29) is 6.54 Å². The lowest BCUT2D eigenvalue weighted by Crippen LogP contribution is -2.37. The summed E-state index contributed by atoms with van der Waals surface area (Å²) < 4.78 is 9.85. The molecule has 0 heterocycles. The lowest BCUT2D eigenvalue weighted by atomic mass is 10.2. The molecule has 0 saturated carbocycles. The highest BCUT2D eigenvalue weighted by atomic mass is 35.5. The van der Waals surface area contributed by atoms with Gasteiger partial charge >= 0.3 is 5.97 Å². The van der Waals surface area contributed by atoms with Crippen LogP contribution in [0, 0.1) is 6.92 Å². The van der Waals surface area contributed by atoms with E-state index < -0.39 is 12.0 Å². The summed E-state index contributed by atoms with van der Waals surface area (Å²) in [6.07, 6.45) is 0. The maximum absolute atomic E-state index is 11.5. The molecule has 1 atom stereocenters. The van der Waals surface area contributed by atoms with E-state index in [1.165, 1.54) is 14.2 Å². The third kappa shape index (κ3) is 3.27. The Morgan fingerprint density at radius 3 is 2.67 bits per heavy atom. The summed E-state index contributed by atoms with van der Waals surface area (Å²) in [6, 6.07) is 2.86. The van der Waals surface area contributed by atoms with Crippen LogP contribution in [0.2, 0.25) is 5.02 Å². The first kappa shape index (κ1) is 14.6. The van der Waals surface area contributed by atoms with Crippen molar-refractivity contribution in [3.63, 3.8) is 0 Å². The predicted molar refractivity (Wildman–Crippen MR) is 71.2 cm³/mol. The van der Waals surface area contributed by atoms with Gasteiger partial charge in [0.2, 0.25) is 0 Å². The second-order valence-electron chi connectivity index (χ2n) is 3.76. The third-order valence-corrected chi connectivity index (χ3v) is 2.94. The molecule has 0 aliphatic carbocycles. The van der Waals surface area contributed by atoms with Gasteiger partial charge in [-0.25, -0.2) is 4.79 Å². The predicted octanol–water partition coefficient (Wildman–Crippen LogP) is 1.57. The first-order chi connectivity index (χ1) is 8.53. The topological polar surface area (TPSA) is 73.6 Å². The molecule has 0 aliphatic heterocycles. The van der Waals surface area contributed by atoms with Crippen molar-refractivity contribution >= 4 is 23.3 Å². The minimum atomic E-state index is -0.621. The van der Waals surface area contributed by atoms with Gasteiger partial charge in [0.25, 0.3) is 0 Å². The Kier molecular flexibility index (Phi) is 5.25. The Labute approximate surface area is 111 Å². The molecule has 1 rings (SSSR count). The van der Waals surface area contributed by atoms with E-state index >= 15 is 0 Å². The van der Waals surface area contributed by atoms with E-state index in [1.54, 1.807) is 12.1 Å². The number of aryl methyl sites for hydroxylation is 1. The van der Waals surface area contributed by atoms with Gasteiger partial charge in [0.05, 0.1) is 19.9 Å². The summed E-state index contributed by atoms with van der Waals surface area (Å²) >= 11 is 6.00. The average Bonchev–Trinajstić information content (AvgIpc) is 2.38. The molecule has 0 radical (unpaired) electrons. The largest absolute Gasteiger partial charge is 0.495 e. The summed E-state index contributed by atoms with van der Waals surface area (Å²) in [4.78, 5) is 11.5. The number of nitrogens with one attached hydrogen (secondary N) is 1. The quantitative estimate of drug-likeness (QED) is 0.796. The second-order valence-corrected chi connectivity index (χ2v) is 4.16. The first-order valence-electron chi connectivity index (χ1n) is 5.42. The maximum atomic E-state index is 11.5. The summed E-state index contributed by atoms with van der Waals surface area (Å²) in [5, 5.41) is 3.58. The lowest BCUT2D eigenvalue weighted by molar-refractivity contribution is -0.141. The molecular weight excluding hydrogens is 256 g/mol. The van der Waals surface area contributed by atoms with E-state index in [1.807, 2.05) is 6.92 Å². The molecule has 0 aromatic heterocycles. The fourth-order valence-electron chi connectivity index (χ4n) is 1.49. The molecule has 0 spiro atoms. The number of ether oxygens (including phenoxy) is 2. The minimum Gasteiger partial charge on any atom is -0.495 e. The smallest absolute Gasteiger partial charge is 0.329 e. The number of carbonyl (C=O) groups is 1. The molecule has 100 valence electrons. The Morgan fingerprint density at radius 2 is 2.17 bits per heavy atom. The number of hydrogen-bond acceptors (Lipinski definition) is 5. The maximum Gasteiger partial charge on any atom is 0.329 e. The minimum absolute atomic E-state index is 0.123. The van der Waals surface area contributed by atoms with Crippen molar-refractivity contribution < 1.29 is 14.3 Å². The van der Waals surface area contributed by atoms with E-state index in [0.29, 0.717) is 16.5 Å². The van der Waals surface area contributed by atoms with Crippen LogP contribution in [0.1, 0.15) is 5.56 Å². The Morgan fingerprint density at radius 1 is 1.50 bits per heavy atom. The van der Waals surface area contributed by atoms with E-state index in [2.05, 4.69) is 10.1 Å². The molecule has 0 bridgehead atoms. The van der Waals surface area contributed by atoms with Gasteiger partial charge in [0.15, 0.2) is 0 Å². The number of anilines is 1. The van der Waals surface area contributed by atoms with Crippen LogP contribution >= 0.6 is 11.6 Å². The molecule has 0 amide bonds. The van der Waals surface area contributed by atoms with E-state index in [9.17, 15) is 4.79 Å². The standard InChI is InChI=1S/C12H17ClN2O3/c1-7-4-9(11(17-2)5-8(7)13)15-10(6-14)12(16)18-3/h4-5,10,15H,6,14H2,1-3H3. The van der Waals surface area contributed by atoms with Crippen LogP contribution in [-0.2, 0) is 9.53 Å². The first-order valence-corrected chi connectivity index (χ1v) is 5.79. The molecule has 1 aromatic carbocycles. The summed E-state index contributed by atoms with van der Waals surface area (Å²) in [5.41, 5.74) is 7.05. The highest BCUT2D eigenvalue weighted by Gasteiger charge is 2.19. The molecule has 1 aromatic rings. The third-order valence-electron chi connectivity index (χ3n) is 2.53. The van der Waals surface area contributed by atoms with Crippen LogP contribution in [0.5, 0.6) is 5.75 Å². The molecule has 0 fully saturated rings. The molecule has 0 saturated heterocycles. The lowest BCUT2D eigenvalue weighted by Gasteiger charge is -2.18. The zero-order chi connectivity index (χ0) is 13.7. The molecular formula is C12H17ClN2O3. The van der Waals surface area contributed by atoms with Crippen molar-refractivity contribution in [3.05, 3.63) is 22.7 Å². The second kappa shape index (κ2) is 6.47. The number of rotatable bonds is 5. The Bertz CT molecular complexity index is 438. The number of nitrogens with two attached hydrogens (primary N) is 1. The zero-order valence-electron chi connectivity index (χ0n) is 10.6. The number of hydrogen-bond donors (Lipinski definition) is 2. The van der Waals surface area contributed by atoms with Crippen molar-refractivity contribution in [3.8, 4) is 5.75 Å². The van der Waals surface area contributed by atoms with Gasteiger partial charge in [-0.2, -0.15) is 0 Å². The van der Waals surface area contributed by atoms with Crippen molar-refractivity contribution in [1.82, 2.24) is 0 Å². The SMILES string of the molecule is COC(=O)C(CN)Nc1cc(C)c(Cl)cc1OC. The van der Waals surface area contributed by atoms with Crippen LogP contribution in [-0.4, -0.2) is 32.8 Å². The van der Waals surface area contributed by atoms with E-state index in [4.69, 9.17) is 22.1 Å². The van der Waals surface area contributed by atoms with Gasteiger partial charge < -0.3 is 20.5 Å². The Hall–Kier alpha value is -1.46. The molecule has 5 nitrogen and oxygen atoms in total. The summed E-state index contributed by atoms with van der Waals surface area (Å²) in [5.74, 6) is 0.125. The van der Waals surface area contributed by atoms with E-state index in [0.717, 1.165) is 5.56 Å². The Balaban J connectivity index is 3.01. The number of carbonyl (C=O) groups excluding carboxylic acids is 1. The van der Waals surface area contributed by atoms with Gasteiger partial charge in [-0.15, -0.1) is 0 Å². The van der Waals surface area contributed by atoms with Crippen molar-refractivity contribution in [2.75, 3.05) is 26.1 Å². The monoisotopic (exact) mass is 272 g/mol. The van der Waals surface area contributed by atoms with Gasteiger partial charge in [0.1, 0.15) is 11.8 Å². The van der Waals surface area contributed by atoms with Crippen molar-refractivity contribution in [1.29, 1.82) is 0 Å². The molecule has 0 aliphatic rings. The fourth-order valence-corrected chi connectivity index (χ4v) is 1.64. The highest BCUT2D eigenvalue weighted by Crippen LogP contribution is 2.31. The van der Waals surface area contributed by atoms with Crippen LogP contribution in [0.15, 0.2) is 12.1 Å². The molecule has 18 heavy (non-hydrogen) atoms. The number of methoxy groups -OCH3 is 2. The molecule has 1 unspecified atom stereocenters. The van der Waals surface area contributed by atoms with Crippen LogP contribution in [0.25, 0.3) is 0 Å². The average molecular weight is 273 g/mol. The summed E-state index contributed by atoms with van der Waals surface area (Å²) in [7, 11) is 2.85. The number of benzene rings is 1. The zero-order valence-corrected chi connectivity index (χ0v) is 11.4. The van der Waals surface area contributed by atoms with Gasteiger partial charge in [0, 0.05) is 17.6 Å². The van der Waals surface area contributed by atoms with Crippen LogP contribution in [0.4, 0.5) is 5.69 Å². The molecule has 3 N–H and O–H groups in total. The van der Waals surface area contributed by atoms with Gasteiger partial charge in [-0.1, -0.05) is 11.6 Å². The number of esters is 1. The van der Waals surface area contributed by atoms with Crippen LogP contribution < -0.4 is 15.8 Å². The van der Waals surface area contributed by atoms with Crippen molar-refractivity contribution in [2.24, 2.45) is 5.73 Å². The normalized spacial score (nSPS) is 11.8. The van der Waals surface area contributed by atoms with Crippen LogP contribution in [0.3, 0.4) is 0 Å². The van der Waals surface area contributed by atoms with Crippen molar-refractivity contribution in [2.45, 2.75) is 13.0 Å². The van der Waals surface area contributed by atoms with Gasteiger partial charge in [-0.3, -0.25) is 0 Å². The fraction of sp³-hybridized carbons (Fsp3) is 0.417.